The highest BCUT2D eigenvalue weighted by molar-refractivity contribution is 14.1. The lowest BCUT2D eigenvalue weighted by Gasteiger charge is -1.58. The monoisotopic (exact) mass is 232 g/mol. The summed E-state index contributed by atoms with van der Waals surface area (Å²) in [5, 5.41) is 0. The molecule has 0 bridgehead atoms. The fourth-order valence-electron chi connectivity index (χ4n) is 0. The molecule has 0 N–H and O–H groups in total. The third-order valence-corrected chi connectivity index (χ3v) is 0. The van der Waals surface area contributed by atoms with E-state index >= 15 is 0 Å². The van der Waals surface area contributed by atoms with Gasteiger partial charge in [-0.15, -0.1) is 0 Å². The summed E-state index contributed by atoms with van der Waals surface area (Å²) in [5.41, 5.74) is 0. The average Bonchev–Trinajstić information content (AvgIpc) is 0.811. The number of halogens is 2. The van der Waals surface area contributed by atoms with Gasteiger partial charge in [0.05, 0.1) is 0 Å². The molecule has 0 amide bonds. The fraction of sp³-hybridized carbons (Fsp3) is 0. The second-order valence-electron chi connectivity index (χ2n) is 0.339. The Kier molecular flexibility index (Phi) is 2.73. The Labute approximate surface area is 47.5 Å². The van der Waals surface area contributed by atoms with E-state index in [4.69, 9.17) is 0 Å². The predicted molar refractivity (Wildman–Crippen MR) is 32.1 cm³/mol. The van der Waals surface area contributed by atoms with Crippen molar-refractivity contribution in [3.05, 3.63) is 9.07 Å². The zero-order chi connectivity index (χ0) is 3.58. The fourth-order valence-corrected chi connectivity index (χ4v) is 0. The van der Waals surface area contributed by atoms with Crippen LogP contribution in [-0.4, -0.2) is 0 Å². The molecule has 0 unspecified atom stereocenters. The Balaban J connectivity index is 2.80. The highest BCUT2D eigenvalue weighted by Gasteiger charge is 1.58. The van der Waals surface area contributed by atoms with Gasteiger partial charge in [-0.2, -0.15) is 0 Å². The Bertz CT molecular complexity index is 29.0. The van der Waals surface area contributed by atoms with Crippen LogP contribution in [0.2, 0.25) is 0 Å². The molecule has 0 aliphatic carbocycles. The third-order valence-electron chi connectivity index (χ3n) is 0. The van der Waals surface area contributed by atoms with E-state index in [2.05, 4.69) is 45.1 Å². The van der Waals surface area contributed by atoms with Crippen LogP contribution in [0.3, 0.4) is 0 Å². The molecule has 0 atom stereocenters. The normalized spacial score (nSPS) is 6.50. The van der Waals surface area contributed by atoms with Crippen molar-refractivity contribution in [2.24, 2.45) is 0 Å². The smallest absolute Gasteiger partial charge is 0.0487 e. The first-order chi connectivity index (χ1) is 1.73. The lowest BCUT2D eigenvalue weighted by atomic mass is 11.3. The SMILES string of the molecule is C=C(Br)I. The van der Waals surface area contributed by atoms with Crippen LogP contribution in [0.5, 0.6) is 0 Å². The molecule has 4 heavy (non-hydrogen) atoms. The Morgan fingerprint density at radius 1 is 2.00 bits per heavy atom. The predicted octanol–water partition coefficient (Wildman–Crippen LogP) is 2.29. The van der Waals surface area contributed by atoms with E-state index in [1.165, 1.54) is 0 Å². The first-order valence-electron chi connectivity index (χ1n) is 0.732. The molecule has 24 valence electrons. The lowest BCUT2D eigenvalue weighted by molar-refractivity contribution is 2.67. The van der Waals surface area contributed by atoms with Gasteiger partial charge in [-0.25, -0.2) is 0 Å². The molecule has 0 saturated heterocycles. The highest BCUT2D eigenvalue weighted by atomic mass is 127. The summed E-state index contributed by atoms with van der Waals surface area (Å²) in [4.78, 5) is 0. The quantitative estimate of drug-likeness (QED) is 0.563. The van der Waals surface area contributed by atoms with Gasteiger partial charge < -0.3 is 0 Å². The zero-order valence-corrected chi connectivity index (χ0v) is 5.71. The van der Waals surface area contributed by atoms with Gasteiger partial charge in [-0.1, -0.05) is 6.58 Å². The molecule has 0 nitrogen and oxygen atoms in total. The summed E-state index contributed by atoms with van der Waals surface area (Å²) in [6, 6.07) is 0. The third kappa shape index (κ3) is 12.4. The van der Waals surface area contributed by atoms with Gasteiger partial charge in [-0.05, 0) is 38.5 Å². The van der Waals surface area contributed by atoms with Crippen LogP contribution >= 0.6 is 38.5 Å². The van der Waals surface area contributed by atoms with Crippen LogP contribution < -0.4 is 0 Å². The molecule has 0 aliphatic rings. The van der Waals surface area contributed by atoms with Gasteiger partial charge in [0.1, 0.15) is 0 Å². The van der Waals surface area contributed by atoms with Crippen LogP contribution in [0, 0.1) is 0 Å². The summed E-state index contributed by atoms with van der Waals surface area (Å²) in [7, 11) is 0. The van der Waals surface area contributed by atoms with Gasteiger partial charge in [0.2, 0.25) is 0 Å². The Hall–Kier alpha value is 0.950. The topological polar surface area (TPSA) is 0 Å². The molecule has 0 aromatic heterocycles. The summed E-state index contributed by atoms with van der Waals surface area (Å²) in [5.74, 6) is 0. The van der Waals surface area contributed by atoms with Crippen LogP contribution in [0.1, 0.15) is 0 Å². The van der Waals surface area contributed by atoms with Crippen molar-refractivity contribution in [1.82, 2.24) is 0 Å². The van der Waals surface area contributed by atoms with E-state index < -0.39 is 0 Å². The molecular formula is C2H2BrI. The number of hydrogen-bond donors (Lipinski definition) is 0. The second kappa shape index (κ2) is 2.20. The van der Waals surface area contributed by atoms with E-state index in [1.54, 1.807) is 0 Å². The average molecular weight is 233 g/mol. The molecule has 0 aliphatic heterocycles. The van der Waals surface area contributed by atoms with Crippen molar-refractivity contribution in [2.45, 2.75) is 0 Å². The van der Waals surface area contributed by atoms with Crippen LogP contribution in [0.15, 0.2) is 9.07 Å². The highest BCUT2D eigenvalue weighted by Crippen LogP contribution is 2.07. The van der Waals surface area contributed by atoms with Crippen molar-refractivity contribution in [1.29, 1.82) is 0 Å². The van der Waals surface area contributed by atoms with Crippen molar-refractivity contribution in [2.75, 3.05) is 0 Å². The van der Waals surface area contributed by atoms with Crippen molar-refractivity contribution in [3.63, 3.8) is 0 Å². The second-order valence-corrected chi connectivity index (χ2v) is 4.08. The number of rotatable bonds is 0. The van der Waals surface area contributed by atoms with Gasteiger partial charge in [0, 0.05) is 2.49 Å². The van der Waals surface area contributed by atoms with Crippen LogP contribution in [0.25, 0.3) is 0 Å². The molecular weight excluding hydrogens is 231 g/mol. The maximum Gasteiger partial charge on any atom is 0.0487 e. The van der Waals surface area contributed by atoms with E-state index in [-0.39, 0.29) is 0 Å². The molecule has 0 radical (unpaired) electrons. The van der Waals surface area contributed by atoms with E-state index in [9.17, 15) is 0 Å². The maximum absolute atomic E-state index is 3.46. The Morgan fingerprint density at radius 2 is 2.00 bits per heavy atom. The van der Waals surface area contributed by atoms with Crippen LogP contribution in [-0.2, 0) is 0 Å². The first kappa shape index (κ1) is 4.95. The minimum atomic E-state index is 0.949. The standard InChI is InChI=1S/C2H2BrI/c1-2(3)4/h1H2. The molecule has 0 saturated carbocycles. The molecule has 0 aromatic rings. The van der Waals surface area contributed by atoms with Crippen molar-refractivity contribution < 1.29 is 0 Å². The Morgan fingerprint density at radius 3 is 2.00 bits per heavy atom. The largest absolute Gasteiger partial charge is 0.0785 e. The minimum Gasteiger partial charge on any atom is -0.0785 e. The van der Waals surface area contributed by atoms with Gasteiger partial charge in [0.25, 0.3) is 0 Å². The van der Waals surface area contributed by atoms with Crippen molar-refractivity contribution in [3.8, 4) is 0 Å². The van der Waals surface area contributed by atoms with Crippen molar-refractivity contribution >= 4 is 38.5 Å². The molecule has 2 heteroatoms. The number of hydrogen-bond acceptors (Lipinski definition) is 0. The lowest BCUT2D eigenvalue weighted by Crippen LogP contribution is -1.19. The molecule has 0 rings (SSSR count). The summed E-state index contributed by atoms with van der Waals surface area (Å²) >= 11 is 5.13. The maximum atomic E-state index is 3.46. The summed E-state index contributed by atoms with van der Waals surface area (Å²) in [6.07, 6.45) is 0. The van der Waals surface area contributed by atoms with E-state index in [0.717, 1.165) is 2.49 Å². The summed E-state index contributed by atoms with van der Waals surface area (Å²) < 4.78 is 0.949. The molecule has 0 fully saturated rings. The van der Waals surface area contributed by atoms with Gasteiger partial charge in [0.15, 0.2) is 0 Å². The zero-order valence-electron chi connectivity index (χ0n) is 1.96. The van der Waals surface area contributed by atoms with E-state index in [0.29, 0.717) is 0 Å². The van der Waals surface area contributed by atoms with Gasteiger partial charge in [-0.3, -0.25) is 0 Å². The van der Waals surface area contributed by atoms with Crippen LogP contribution in [0.4, 0.5) is 0 Å². The van der Waals surface area contributed by atoms with E-state index in [1.807, 2.05) is 0 Å². The minimum absolute atomic E-state index is 0.949. The molecule has 0 spiro atoms. The summed E-state index contributed by atoms with van der Waals surface area (Å²) in [6.45, 7) is 3.46. The molecule has 0 heterocycles. The molecule has 0 aromatic carbocycles. The van der Waals surface area contributed by atoms with Gasteiger partial charge >= 0.3 is 0 Å². The first-order valence-corrected chi connectivity index (χ1v) is 2.60.